The molecule has 168 valence electrons. The number of fused-ring (bicyclic) bond motifs is 1. The van der Waals surface area contributed by atoms with E-state index in [1.807, 2.05) is 0 Å². The van der Waals surface area contributed by atoms with Crippen LogP contribution in [0.3, 0.4) is 0 Å². The number of hydrogen-bond donors (Lipinski definition) is 0. The Balaban J connectivity index is 2.14. The van der Waals surface area contributed by atoms with E-state index < -0.39 is 27.7 Å². The minimum atomic E-state index is -3.50. The van der Waals surface area contributed by atoms with Crippen LogP contribution in [0.5, 0.6) is 0 Å². The summed E-state index contributed by atoms with van der Waals surface area (Å²) in [7, 11) is -2.25. The van der Waals surface area contributed by atoms with Crippen molar-refractivity contribution in [3.05, 3.63) is 58.4 Å². The van der Waals surface area contributed by atoms with Gasteiger partial charge in [0.1, 0.15) is 6.54 Å². The summed E-state index contributed by atoms with van der Waals surface area (Å²) < 4.78 is 35.4. The van der Waals surface area contributed by atoms with Crippen LogP contribution in [0.25, 0.3) is 10.2 Å². The molecule has 2 aromatic carbocycles. The van der Waals surface area contributed by atoms with Gasteiger partial charge in [0, 0.05) is 11.8 Å². The smallest absolute Gasteiger partial charge is 0.338 e. The fourth-order valence-electron chi connectivity index (χ4n) is 2.86. The lowest BCUT2D eigenvalue weighted by Gasteiger charge is -2.05. The number of methoxy groups -OCH3 is 1. The Labute approximate surface area is 187 Å². The zero-order valence-corrected chi connectivity index (χ0v) is 19.2. The predicted octanol–water partition coefficient (Wildman–Crippen LogP) is 2.20. The molecule has 0 aliphatic heterocycles. The molecule has 32 heavy (non-hydrogen) atoms. The topological polar surface area (TPSA) is 121 Å². The van der Waals surface area contributed by atoms with Crippen LogP contribution in [0.4, 0.5) is 0 Å². The van der Waals surface area contributed by atoms with E-state index in [0.29, 0.717) is 15.8 Å². The number of nitrogens with zero attached hydrogens (tertiary/aromatic N) is 2. The molecule has 0 fully saturated rings. The summed E-state index contributed by atoms with van der Waals surface area (Å²) in [5.41, 5.74) is 0.983. The highest BCUT2D eigenvalue weighted by Gasteiger charge is 2.16. The molecule has 0 spiro atoms. The van der Waals surface area contributed by atoms with Crippen molar-refractivity contribution in [2.45, 2.75) is 18.4 Å². The van der Waals surface area contributed by atoms with Crippen molar-refractivity contribution in [3.63, 3.8) is 0 Å². The Morgan fingerprint density at radius 1 is 1.09 bits per heavy atom. The lowest BCUT2D eigenvalue weighted by atomic mass is 10.2. The van der Waals surface area contributed by atoms with Gasteiger partial charge in [0.2, 0.25) is 0 Å². The van der Waals surface area contributed by atoms with Crippen molar-refractivity contribution >= 4 is 49.2 Å². The van der Waals surface area contributed by atoms with Gasteiger partial charge in [-0.15, -0.1) is 0 Å². The summed E-state index contributed by atoms with van der Waals surface area (Å²) in [6.07, 6.45) is 1.05. The first kappa shape index (κ1) is 23.4. The molecule has 0 saturated heterocycles. The summed E-state index contributed by atoms with van der Waals surface area (Å²) in [5, 5.41) is 0. The molecule has 1 heterocycles. The van der Waals surface area contributed by atoms with Gasteiger partial charge in [0.15, 0.2) is 14.6 Å². The lowest BCUT2D eigenvalue weighted by molar-refractivity contribution is -0.141. The van der Waals surface area contributed by atoms with Crippen LogP contribution in [0.15, 0.2) is 52.4 Å². The molecule has 0 radical (unpaired) electrons. The van der Waals surface area contributed by atoms with Gasteiger partial charge < -0.3 is 14.0 Å². The molecule has 0 aliphatic rings. The summed E-state index contributed by atoms with van der Waals surface area (Å²) in [6, 6.07) is 10.3. The highest BCUT2D eigenvalue weighted by molar-refractivity contribution is 7.90. The van der Waals surface area contributed by atoms with E-state index in [4.69, 9.17) is 9.47 Å². The van der Waals surface area contributed by atoms with E-state index in [0.717, 1.165) is 17.6 Å². The molecule has 0 bridgehead atoms. The Morgan fingerprint density at radius 2 is 1.84 bits per heavy atom. The number of hydrogen-bond acceptors (Lipinski definition) is 8. The highest BCUT2D eigenvalue weighted by Crippen LogP contribution is 2.20. The van der Waals surface area contributed by atoms with Crippen molar-refractivity contribution in [1.29, 1.82) is 0 Å². The number of carbonyl (C=O) groups is 3. The van der Waals surface area contributed by atoms with Gasteiger partial charge in [-0.25, -0.2) is 13.2 Å². The lowest BCUT2D eigenvalue weighted by Crippen LogP contribution is -2.22. The molecule has 0 atom stereocenters. The van der Waals surface area contributed by atoms with Crippen molar-refractivity contribution < 1.29 is 32.3 Å². The van der Waals surface area contributed by atoms with Crippen molar-refractivity contribution in [1.82, 2.24) is 4.57 Å². The molecule has 9 nitrogen and oxygen atoms in total. The molecule has 3 aromatic rings. The van der Waals surface area contributed by atoms with Gasteiger partial charge in [-0.2, -0.15) is 4.99 Å². The van der Waals surface area contributed by atoms with E-state index in [1.54, 1.807) is 25.1 Å². The van der Waals surface area contributed by atoms with Crippen LogP contribution in [0, 0.1) is 0 Å². The maximum atomic E-state index is 12.8. The van der Waals surface area contributed by atoms with Crippen LogP contribution in [-0.4, -0.2) is 50.8 Å². The minimum Gasteiger partial charge on any atom is -0.468 e. The Kier molecular flexibility index (Phi) is 6.90. The van der Waals surface area contributed by atoms with Crippen LogP contribution in [0.2, 0.25) is 0 Å². The standard InChI is InChI=1S/C21H20N2O7S2/c1-4-30-20(26)14-8-9-16-17(11-14)31-21(23(16)12-18(24)29-2)22-19(25)13-6-5-7-15(10-13)32(3,27)28/h5-11H,4,12H2,1-3H3. The average Bonchev–Trinajstić information content (AvgIpc) is 3.09. The number of esters is 2. The fraction of sp³-hybridized carbons (Fsp3) is 0.238. The molecule has 0 unspecified atom stereocenters. The van der Waals surface area contributed by atoms with Gasteiger partial charge in [0.25, 0.3) is 5.91 Å². The van der Waals surface area contributed by atoms with Crippen LogP contribution >= 0.6 is 11.3 Å². The number of ether oxygens (including phenoxy) is 2. The first-order valence-electron chi connectivity index (χ1n) is 9.40. The largest absolute Gasteiger partial charge is 0.468 e. The molecule has 11 heteroatoms. The zero-order chi connectivity index (χ0) is 23.5. The first-order chi connectivity index (χ1) is 15.1. The van der Waals surface area contributed by atoms with Crippen LogP contribution < -0.4 is 4.80 Å². The fourth-order valence-corrected chi connectivity index (χ4v) is 4.59. The SMILES string of the molecule is CCOC(=O)c1ccc2c(c1)sc(=NC(=O)c1cccc(S(C)(=O)=O)c1)n2CC(=O)OC. The van der Waals surface area contributed by atoms with Gasteiger partial charge >= 0.3 is 11.9 Å². The van der Waals surface area contributed by atoms with E-state index in [1.165, 1.54) is 35.9 Å². The average molecular weight is 477 g/mol. The Morgan fingerprint density at radius 3 is 2.50 bits per heavy atom. The number of amides is 1. The quantitative estimate of drug-likeness (QED) is 0.500. The summed E-state index contributed by atoms with van der Waals surface area (Å²) in [5.74, 6) is -1.71. The van der Waals surface area contributed by atoms with Gasteiger partial charge in [-0.1, -0.05) is 17.4 Å². The second kappa shape index (κ2) is 9.45. The van der Waals surface area contributed by atoms with Crippen LogP contribution in [-0.2, 0) is 30.7 Å². The third-order valence-electron chi connectivity index (χ3n) is 4.42. The molecule has 0 saturated carbocycles. The molecule has 1 aromatic heterocycles. The van der Waals surface area contributed by atoms with Crippen LogP contribution in [0.1, 0.15) is 27.6 Å². The normalized spacial score (nSPS) is 12.0. The third kappa shape index (κ3) is 5.11. The maximum Gasteiger partial charge on any atom is 0.338 e. The molecular weight excluding hydrogens is 456 g/mol. The number of rotatable bonds is 6. The van der Waals surface area contributed by atoms with Gasteiger partial charge in [0.05, 0.1) is 34.4 Å². The first-order valence-corrected chi connectivity index (χ1v) is 12.1. The molecular formula is C21H20N2O7S2. The second-order valence-corrected chi connectivity index (χ2v) is 9.69. The third-order valence-corrected chi connectivity index (χ3v) is 6.57. The van der Waals surface area contributed by atoms with Crippen molar-refractivity contribution in [3.8, 4) is 0 Å². The zero-order valence-electron chi connectivity index (χ0n) is 17.5. The number of sulfone groups is 1. The summed E-state index contributed by atoms with van der Waals surface area (Å²) >= 11 is 1.10. The highest BCUT2D eigenvalue weighted by atomic mass is 32.2. The number of thiazole rings is 1. The summed E-state index contributed by atoms with van der Waals surface area (Å²) in [6.45, 7) is 1.73. The Bertz CT molecular complexity index is 1380. The van der Waals surface area contributed by atoms with Gasteiger partial charge in [-0.3, -0.25) is 9.59 Å². The molecule has 0 N–H and O–H groups in total. The van der Waals surface area contributed by atoms with Crippen molar-refractivity contribution in [2.24, 2.45) is 4.99 Å². The van der Waals surface area contributed by atoms with E-state index in [9.17, 15) is 22.8 Å². The Hall–Kier alpha value is -3.31. The van der Waals surface area contributed by atoms with E-state index in [-0.39, 0.29) is 28.4 Å². The molecule has 0 aliphatic carbocycles. The van der Waals surface area contributed by atoms with Gasteiger partial charge in [-0.05, 0) is 43.3 Å². The molecule has 3 rings (SSSR count). The number of carbonyl (C=O) groups excluding carboxylic acids is 3. The molecule has 1 amide bonds. The number of benzene rings is 2. The predicted molar refractivity (Wildman–Crippen MR) is 117 cm³/mol. The van der Waals surface area contributed by atoms with E-state index in [2.05, 4.69) is 4.99 Å². The van der Waals surface area contributed by atoms with Crippen molar-refractivity contribution in [2.75, 3.05) is 20.0 Å². The van der Waals surface area contributed by atoms with E-state index >= 15 is 0 Å². The number of aromatic nitrogens is 1. The monoisotopic (exact) mass is 476 g/mol. The minimum absolute atomic E-state index is 0.00333. The summed E-state index contributed by atoms with van der Waals surface area (Å²) in [4.78, 5) is 41.1. The maximum absolute atomic E-state index is 12.8. The second-order valence-electron chi connectivity index (χ2n) is 6.67.